The minimum atomic E-state index is 0.215. The molecule has 1 amide bonds. The average molecular weight is 268 g/mol. The van der Waals surface area contributed by atoms with Crippen LogP contribution < -0.4 is 5.32 Å². The first-order valence-electron chi connectivity index (χ1n) is 6.45. The van der Waals surface area contributed by atoms with E-state index in [2.05, 4.69) is 16.8 Å². The van der Waals surface area contributed by atoms with Crippen molar-refractivity contribution < 1.29 is 9.53 Å². The Morgan fingerprint density at radius 1 is 1.39 bits per heavy atom. The van der Waals surface area contributed by atoms with Crippen molar-refractivity contribution in [2.45, 2.75) is 12.8 Å². The molecule has 0 aliphatic carbocycles. The van der Waals surface area contributed by atoms with E-state index < -0.39 is 0 Å². The van der Waals surface area contributed by atoms with Crippen LogP contribution >= 0.6 is 11.3 Å². The number of hydrogen-bond acceptors (Lipinski definition) is 4. The first kappa shape index (κ1) is 13.5. The van der Waals surface area contributed by atoms with E-state index in [1.165, 1.54) is 4.88 Å². The molecular formula is C13H20N2O2S. The van der Waals surface area contributed by atoms with Crippen LogP contribution in [0.3, 0.4) is 0 Å². The quantitative estimate of drug-likeness (QED) is 0.786. The second-order valence-corrected chi connectivity index (χ2v) is 5.35. The summed E-state index contributed by atoms with van der Waals surface area (Å²) in [6.45, 7) is 4.71. The van der Waals surface area contributed by atoms with Gasteiger partial charge in [0.15, 0.2) is 0 Å². The summed E-state index contributed by atoms with van der Waals surface area (Å²) in [6, 6.07) is 4.16. The number of hydrogen-bond donors (Lipinski definition) is 1. The van der Waals surface area contributed by atoms with Gasteiger partial charge in [-0.25, -0.2) is 0 Å². The molecule has 1 aliphatic heterocycles. The standard InChI is InChI=1S/C13H20N2O2S/c16-13(15-7-5-14-6-8-15)4-10-17-9-3-12-2-1-11-18-12/h1-2,11,14H,3-10H2. The predicted octanol–water partition coefficient (Wildman–Crippen LogP) is 1.13. The third-order valence-electron chi connectivity index (χ3n) is 3.00. The molecule has 0 bridgehead atoms. The van der Waals surface area contributed by atoms with Gasteiger partial charge in [-0.2, -0.15) is 0 Å². The maximum Gasteiger partial charge on any atom is 0.224 e. The molecule has 100 valence electrons. The van der Waals surface area contributed by atoms with E-state index in [9.17, 15) is 4.79 Å². The van der Waals surface area contributed by atoms with Gasteiger partial charge in [0.1, 0.15) is 0 Å². The fourth-order valence-corrected chi connectivity index (χ4v) is 2.65. The highest BCUT2D eigenvalue weighted by atomic mass is 32.1. The highest BCUT2D eigenvalue weighted by Gasteiger charge is 2.15. The van der Waals surface area contributed by atoms with Crippen LogP contribution in [0, 0.1) is 0 Å². The molecule has 0 spiro atoms. The summed E-state index contributed by atoms with van der Waals surface area (Å²) >= 11 is 1.75. The smallest absolute Gasteiger partial charge is 0.224 e. The van der Waals surface area contributed by atoms with Crippen LogP contribution in [0.1, 0.15) is 11.3 Å². The molecule has 0 radical (unpaired) electrons. The minimum absolute atomic E-state index is 0.215. The van der Waals surface area contributed by atoms with Crippen molar-refractivity contribution in [3.05, 3.63) is 22.4 Å². The second kappa shape index (κ2) is 7.51. The second-order valence-electron chi connectivity index (χ2n) is 4.32. The summed E-state index contributed by atoms with van der Waals surface area (Å²) in [4.78, 5) is 15.1. The molecule has 1 aromatic heterocycles. The predicted molar refractivity (Wildman–Crippen MR) is 72.9 cm³/mol. The van der Waals surface area contributed by atoms with Crippen molar-refractivity contribution in [3.8, 4) is 0 Å². The third-order valence-corrected chi connectivity index (χ3v) is 3.94. The monoisotopic (exact) mass is 268 g/mol. The Kier molecular flexibility index (Phi) is 5.64. The van der Waals surface area contributed by atoms with Gasteiger partial charge in [-0.05, 0) is 11.4 Å². The third kappa shape index (κ3) is 4.40. The first-order chi connectivity index (χ1) is 8.86. The van der Waals surface area contributed by atoms with Gasteiger partial charge in [-0.3, -0.25) is 4.79 Å². The van der Waals surface area contributed by atoms with E-state index in [-0.39, 0.29) is 5.91 Å². The number of nitrogens with one attached hydrogen (secondary N) is 1. The molecular weight excluding hydrogens is 248 g/mol. The first-order valence-corrected chi connectivity index (χ1v) is 7.33. The van der Waals surface area contributed by atoms with Crippen molar-refractivity contribution in [2.75, 3.05) is 39.4 Å². The van der Waals surface area contributed by atoms with Crippen LogP contribution in [0.4, 0.5) is 0 Å². The lowest BCUT2D eigenvalue weighted by molar-refractivity contribution is -0.132. The number of amides is 1. The van der Waals surface area contributed by atoms with E-state index >= 15 is 0 Å². The number of thiophene rings is 1. The van der Waals surface area contributed by atoms with Crippen LogP contribution in [0.15, 0.2) is 17.5 Å². The Hall–Kier alpha value is -0.910. The molecule has 0 saturated carbocycles. The molecule has 0 unspecified atom stereocenters. The van der Waals surface area contributed by atoms with E-state index in [0.717, 1.165) is 32.6 Å². The number of rotatable bonds is 6. The van der Waals surface area contributed by atoms with Crippen molar-refractivity contribution in [2.24, 2.45) is 0 Å². The van der Waals surface area contributed by atoms with Gasteiger partial charge in [-0.15, -0.1) is 11.3 Å². The van der Waals surface area contributed by atoms with Crippen molar-refractivity contribution in [3.63, 3.8) is 0 Å². The summed E-state index contributed by atoms with van der Waals surface area (Å²) in [5, 5.41) is 5.31. The molecule has 1 saturated heterocycles. The van der Waals surface area contributed by atoms with Gasteiger partial charge in [0, 0.05) is 37.5 Å². The van der Waals surface area contributed by atoms with E-state index in [1.54, 1.807) is 11.3 Å². The Morgan fingerprint density at radius 3 is 2.94 bits per heavy atom. The fourth-order valence-electron chi connectivity index (χ4n) is 1.96. The van der Waals surface area contributed by atoms with Crippen LogP contribution in [0.2, 0.25) is 0 Å². The number of carbonyl (C=O) groups is 1. The fraction of sp³-hybridized carbons (Fsp3) is 0.615. The maximum absolute atomic E-state index is 11.8. The molecule has 18 heavy (non-hydrogen) atoms. The van der Waals surface area contributed by atoms with E-state index in [1.807, 2.05) is 11.0 Å². The van der Waals surface area contributed by atoms with Crippen molar-refractivity contribution in [1.82, 2.24) is 10.2 Å². The SMILES string of the molecule is O=C(CCOCCc1cccs1)N1CCNCC1. The topological polar surface area (TPSA) is 41.6 Å². The summed E-state index contributed by atoms with van der Waals surface area (Å²) in [5.74, 6) is 0.215. The Balaban J connectivity index is 1.53. The summed E-state index contributed by atoms with van der Waals surface area (Å²) < 4.78 is 5.51. The molecule has 1 aromatic rings. The lowest BCUT2D eigenvalue weighted by atomic mass is 10.3. The molecule has 1 N–H and O–H groups in total. The molecule has 1 aliphatic rings. The molecule has 0 atom stereocenters. The largest absolute Gasteiger partial charge is 0.381 e. The van der Waals surface area contributed by atoms with Crippen LogP contribution in [-0.2, 0) is 16.0 Å². The number of ether oxygens (including phenoxy) is 1. The number of carbonyl (C=O) groups excluding carboxylic acids is 1. The molecule has 4 nitrogen and oxygen atoms in total. The maximum atomic E-state index is 11.8. The highest BCUT2D eigenvalue weighted by molar-refractivity contribution is 7.09. The zero-order valence-electron chi connectivity index (χ0n) is 10.6. The van der Waals surface area contributed by atoms with E-state index in [0.29, 0.717) is 19.6 Å². The van der Waals surface area contributed by atoms with Gasteiger partial charge in [-0.1, -0.05) is 6.07 Å². The normalized spacial score (nSPS) is 15.9. The highest BCUT2D eigenvalue weighted by Crippen LogP contribution is 2.09. The van der Waals surface area contributed by atoms with Crippen molar-refractivity contribution >= 4 is 17.2 Å². The van der Waals surface area contributed by atoms with Gasteiger partial charge in [0.2, 0.25) is 5.91 Å². The van der Waals surface area contributed by atoms with Gasteiger partial charge < -0.3 is 15.0 Å². The average Bonchev–Trinajstić information content (AvgIpc) is 2.92. The van der Waals surface area contributed by atoms with Gasteiger partial charge >= 0.3 is 0 Å². The summed E-state index contributed by atoms with van der Waals surface area (Å²) in [5.41, 5.74) is 0. The Morgan fingerprint density at radius 2 is 2.22 bits per heavy atom. The number of nitrogens with zero attached hydrogens (tertiary/aromatic N) is 1. The Labute approximate surface area is 112 Å². The van der Waals surface area contributed by atoms with Crippen molar-refractivity contribution in [1.29, 1.82) is 0 Å². The lowest BCUT2D eigenvalue weighted by Crippen LogP contribution is -2.46. The number of piperazine rings is 1. The molecule has 1 fully saturated rings. The summed E-state index contributed by atoms with van der Waals surface area (Å²) in [6.07, 6.45) is 1.45. The van der Waals surface area contributed by atoms with Gasteiger partial charge in [0.05, 0.1) is 19.6 Å². The van der Waals surface area contributed by atoms with Crippen LogP contribution in [0.5, 0.6) is 0 Å². The molecule has 0 aromatic carbocycles. The van der Waals surface area contributed by atoms with Crippen LogP contribution in [0.25, 0.3) is 0 Å². The molecule has 2 heterocycles. The van der Waals surface area contributed by atoms with Crippen LogP contribution in [-0.4, -0.2) is 50.2 Å². The lowest BCUT2D eigenvalue weighted by Gasteiger charge is -2.27. The molecule has 5 heteroatoms. The van der Waals surface area contributed by atoms with E-state index in [4.69, 9.17) is 4.74 Å². The zero-order valence-corrected chi connectivity index (χ0v) is 11.4. The summed E-state index contributed by atoms with van der Waals surface area (Å²) in [7, 11) is 0. The minimum Gasteiger partial charge on any atom is -0.381 e. The zero-order chi connectivity index (χ0) is 12.6. The molecule has 2 rings (SSSR count). The Bertz CT molecular complexity index is 348. The van der Waals surface area contributed by atoms with Gasteiger partial charge in [0.25, 0.3) is 0 Å².